The minimum absolute atomic E-state index is 0.0323. The molecule has 0 aliphatic rings. The number of rotatable bonds is 8. The number of H-pyrrole nitrogens is 1. The molecule has 0 spiro atoms. The number of nitrogens with one attached hydrogen (secondary N) is 1. The zero-order valence-corrected chi connectivity index (χ0v) is 17.8. The molecule has 1 N–H and O–H groups in total. The van der Waals surface area contributed by atoms with E-state index in [0.29, 0.717) is 12.4 Å². The first-order valence-corrected chi connectivity index (χ1v) is 10.6. The number of hydrogen-bond donors (Lipinski definition) is 1. The average molecular weight is 415 g/mol. The summed E-state index contributed by atoms with van der Waals surface area (Å²) in [6.07, 6.45) is 7.93. The van der Waals surface area contributed by atoms with Crippen LogP contribution in [0.5, 0.6) is 0 Å². The highest BCUT2D eigenvalue weighted by Gasteiger charge is 2.12. The Morgan fingerprint density at radius 2 is 1.81 bits per heavy atom. The normalized spacial score (nSPS) is 11.4. The number of hydrogen-bond acceptors (Lipinski definition) is 4. The van der Waals surface area contributed by atoms with Crippen LogP contribution in [-0.4, -0.2) is 29.8 Å². The van der Waals surface area contributed by atoms with E-state index in [0.717, 1.165) is 47.3 Å². The van der Waals surface area contributed by atoms with Crippen LogP contribution in [0, 0.1) is 0 Å². The smallest absolute Gasteiger partial charge is 0.299 e. The highest BCUT2D eigenvalue weighted by Crippen LogP contribution is 2.29. The lowest BCUT2D eigenvalue weighted by molar-refractivity contribution is 0.623. The van der Waals surface area contributed by atoms with E-state index in [-0.39, 0.29) is 5.69 Å². The van der Waals surface area contributed by atoms with Gasteiger partial charge in [-0.15, -0.1) is 5.10 Å². The molecule has 0 saturated heterocycles. The van der Waals surface area contributed by atoms with Crippen molar-refractivity contribution in [2.24, 2.45) is 0 Å². The molecule has 0 saturated carbocycles. The summed E-state index contributed by atoms with van der Waals surface area (Å²) in [4.78, 5) is 12.9. The summed E-state index contributed by atoms with van der Waals surface area (Å²) in [5.41, 5.74) is 5.10. The molecule has 0 radical (unpaired) electrons. The molecule has 4 rings (SSSR count). The van der Waals surface area contributed by atoms with E-state index >= 15 is 0 Å². The Labute approximate surface area is 181 Å². The molecular formula is C24H26N6O. The number of aromatic amines is 1. The van der Waals surface area contributed by atoms with Gasteiger partial charge in [-0.25, -0.2) is 9.89 Å². The van der Waals surface area contributed by atoms with Crippen molar-refractivity contribution >= 4 is 6.08 Å². The quantitative estimate of drug-likeness (QED) is 0.464. The molecule has 0 fully saturated rings. The van der Waals surface area contributed by atoms with Gasteiger partial charge in [0, 0.05) is 18.3 Å². The van der Waals surface area contributed by atoms with E-state index in [1.807, 2.05) is 35.0 Å². The summed E-state index contributed by atoms with van der Waals surface area (Å²) in [6, 6.07) is 16.3. The Hall–Kier alpha value is -3.74. The largest absolute Gasteiger partial charge is 0.328 e. The Balaban J connectivity index is 1.64. The molecule has 0 aliphatic carbocycles. The Bertz CT molecular complexity index is 1220. The first-order valence-electron chi connectivity index (χ1n) is 10.6. The third kappa shape index (κ3) is 4.40. The first kappa shape index (κ1) is 20.5. The van der Waals surface area contributed by atoms with Crippen LogP contribution in [0.4, 0.5) is 0 Å². The summed E-state index contributed by atoms with van der Waals surface area (Å²) in [5, 5.41) is 14.2. The zero-order chi connectivity index (χ0) is 21.6. The lowest BCUT2D eigenvalue weighted by Gasteiger charge is -2.09. The monoisotopic (exact) mass is 414 g/mol. The van der Waals surface area contributed by atoms with E-state index < -0.39 is 0 Å². The van der Waals surface area contributed by atoms with Crippen molar-refractivity contribution in [3.63, 3.8) is 0 Å². The van der Waals surface area contributed by atoms with Gasteiger partial charge in [0.05, 0.1) is 12.2 Å². The van der Waals surface area contributed by atoms with Gasteiger partial charge in [0.25, 0.3) is 0 Å². The van der Waals surface area contributed by atoms with Crippen LogP contribution < -0.4 is 5.69 Å². The summed E-state index contributed by atoms with van der Waals surface area (Å²) in [5.74, 6) is 0.635. The number of tetrazole rings is 1. The molecule has 0 atom stereocenters. The topological polar surface area (TPSA) is 81.4 Å². The van der Waals surface area contributed by atoms with Gasteiger partial charge in [-0.05, 0) is 46.0 Å². The standard InChI is InChI=1S/C24H26N6O/c1-3-5-8-20-17-29(15-4-2)24(31)30(20)16-18-11-13-19(14-12-18)21-9-6-7-10-22(21)23-25-27-28-26-23/h5-14,17H,3-4,15-16H2,1-2H3,(H,25,26,27,28). The summed E-state index contributed by atoms with van der Waals surface area (Å²) in [7, 11) is 0. The maximum atomic E-state index is 12.9. The molecule has 7 heteroatoms. The molecule has 4 aromatic rings. The van der Waals surface area contributed by atoms with Gasteiger partial charge in [0.1, 0.15) is 0 Å². The lowest BCUT2D eigenvalue weighted by atomic mass is 9.98. The predicted molar refractivity (Wildman–Crippen MR) is 122 cm³/mol. The minimum Gasteiger partial charge on any atom is -0.299 e. The van der Waals surface area contributed by atoms with Crippen LogP contribution >= 0.6 is 0 Å². The van der Waals surface area contributed by atoms with Gasteiger partial charge in [-0.3, -0.25) is 9.13 Å². The van der Waals surface area contributed by atoms with Gasteiger partial charge in [0.2, 0.25) is 0 Å². The molecule has 0 bridgehead atoms. The number of benzene rings is 2. The van der Waals surface area contributed by atoms with Crippen molar-refractivity contribution in [1.82, 2.24) is 29.8 Å². The molecule has 0 unspecified atom stereocenters. The minimum atomic E-state index is 0.0323. The molecule has 0 amide bonds. The molecule has 7 nitrogen and oxygen atoms in total. The van der Waals surface area contributed by atoms with Crippen molar-refractivity contribution < 1.29 is 0 Å². The number of aromatic nitrogens is 6. The second-order valence-electron chi connectivity index (χ2n) is 7.42. The zero-order valence-electron chi connectivity index (χ0n) is 17.8. The first-order chi connectivity index (χ1) is 15.2. The summed E-state index contributed by atoms with van der Waals surface area (Å²) in [6.45, 7) is 5.43. The van der Waals surface area contributed by atoms with Gasteiger partial charge >= 0.3 is 5.69 Å². The molecule has 158 valence electrons. The summed E-state index contributed by atoms with van der Waals surface area (Å²) >= 11 is 0. The van der Waals surface area contributed by atoms with Gasteiger partial charge in [-0.2, -0.15) is 0 Å². The molecule has 0 aliphatic heterocycles. The van der Waals surface area contributed by atoms with Crippen molar-refractivity contribution in [3.8, 4) is 22.5 Å². The van der Waals surface area contributed by atoms with Crippen molar-refractivity contribution in [2.45, 2.75) is 39.8 Å². The van der Waals surface area contributed by atoms with E-state index in [1.165, 1.54) is 0 Å². The molecule has 2 aromatic heterocycles. The number of imidazole rings is 1. The number of nitrogens with zero attached hydrogens (tertiary/aromatic N) is 5. The van der Waals surface area contributed by atoms with Gasteiger partial charge in [-0.1, -0.05) is 68.5 Å². The fourth-order valence-electron chi connectivity index (χ4n) is 3.67. The van der Waals surface area contributed by atoms with Crippen LogP contribution in [-0.2, 0) is 13.1 Å². The Morgan fingerprint density at radius 3 is 2.48 bits per heavy atom. The maximum Gasteiger partial charge on any atom is 0.328 e. The fourth-order valence-corrected chi connectivity index (χ4v) is 3.67. The van der Waals surface area contributed by atoms with E-state index in [9.17, 15) is 4.79 Å². The Morgan fingerprint density at radius 1 is 1.03 bits per heavy atom. The SMILES string of the molecule is CCC=Cc1cn(CCC)c(=O)n1Cc1ccc(-c2ccccc2-c2nnn[nH]2)cc1. The van der Waals surface area contributed by atoms with Crippen LogP contribution in [0.1, 0.15) is 37.9 Å². The highest BCUT2D eigenvalue weighted by molar-refractivity contribution is 5.80. The fraction of sp³-hybridized carbons (Fsp3) is 0.250. The predicted octanol–water partition coefficient (Wildman–Crippen LogP) is 4.38. The Kier molecular flexibility index (Phi) is 6.21. The number of aryl methyl sites for hydroxylation is 1. The molecular weight excluding hydrogens is 388 g/mol. The van der Waals surface area contributed by atoms with Crippen LogP contribution in [0.3, 0.4) is 0 Å². The van der Waals surface area contributed by atoms with Crippen LogP contribution in [0.15, 0.2) is 65.6 Å². The van der Waals surface area contributed by atoms with E-state index in [2.05, 4.69) is 70.9 Å². The summed E-state index contributed by atoms with van der Waals surface area (Å²) < 4.78 is 3.64. The molecule has 2 heterocycles. The van der Waals surface area contributed by atoms with Crippen molar-refractivity contribution in [2.75, 3.05) is 0 Å². The second kappa shape index (κ2) is 9.38. The average Bonchev–Trinajstić information content (AvgIpc) is 3.43. The van der Waals surface area contributed by atoms with Crippen LogP contribution in [0.25, 0.3) is 28.6 Å². The van der Waals surface area contributed by atoms with Gasteiger partial charge in [0.15, 0.2) is 5.82 Å². The lowest BCUT2D eigenvalue weighted by Crippen LogP contribution is -2.25. The van der Waals surface area contributed by atoms with Crippen LogP contribution in [0.2, 0.25) is 0 Å². The number of allylic oxidation sites excluding steroid dienone is 1. The van der Waals surface area contributed by atoms with E-state index in [1.54, 1.807) is 4.57 Å². The second-order valence-corrected chi connectivity index (χ2v) is 7.42. The third-order valence-electron chi connectivity index (χ3n) is 5.20. The molecule has 2 aromatic carbocycles. The third-order valence-corrected chi connectivity index (χ3v) is 5.20. The van der Waals surface area contributed by atoms with Gasteiger partial charge < -0.3 is 0 Å². The van der Waals surface area contributed by atoms with Crippen molar-refractivity contribution in [1.29, 1.82) is 0 Å². The molecule has 31 heavy (non-hydrogen) atoms. The highest BCUT2D eigenvalue weighted by atomic mass is 16.1. The van der Waals surface area contributed by atoms with E-state index in [4.69, 9.17) is 0 Å². The maximum absolute atomic E-state index is 12.9. The van der Waals surface area contributed by atoms with Crippen molar-refractivity contribution in [3.05, 3.63) is 82.5 Å².